The molecule has 0 spiro atoms. The Morgan fingerprint density at radius 1 is 1.35 bits per heavy atom. The second-order valence-corrected chi connectivity index (χ2v) is 5.58. The molecule has 0 heterocycles. The van der Waals surface area contributed by atoms with E-state index in [0.717, 1.165) is 31.4 Å². The van der Waals surface area contributed by atoms with Gasteiger partial charge in [-0.3, -0.25) is 0 Å². The number of nitrogens with zero attached hydrogens (tertiary/aromatic N) is 1. The van der Waals surface area contributed by atoms with Crippen LogP contribution in [0.15, 0.2) is 41.6 Å². The van der Waals surface area contributed by atoms with Gasteiger partial charge in [0.05, 0.1) is 12.6 Å². The van der Waals surface area contributed by atoms with Crippen molar-refractivity contribution in [2.24, 2.45) is 11.1 Å². The minimum absolute atomic E-state index is 0.0335. The van der Waals surface area contributed by atoms with E-state index in [4.69, 9.17) is 16.3 Å². The van der Waals surface area contributed by atoms with Gasteiger partial charge in [0, 0.05) is 10.9 Å². The van der Waals surface area contributed by atoms with Gasteiger partial charge in [0.15, 0.2) is 0 Å². The van der Waals surface area contributed by atoms with Gasteiger partial charge in [-0.05, 0) is 37.5 Å². The average Bonchev–Trinajstić information content (AvgIpc) is 2.47. The topological polar surface area (TPSA) is 38.7 Å². The molecule has 2 rings (SSSR count). The van der Waals surface area contributed by atoms with Crippen LogP contribution in [-0.2, 0) is 0 Å². The molecule has 1 aromatic carbocycles. The standard InChI is InChI=1S/C16H20ClNO2/c17-14-8-5-9-15(12-14)20-11-4-3-7-13-6-1-2-10-16(13)18-19/h3,5,7-9,12-13,16H,1-2,4,6,10-11H2/b7-3+. The van der Waals surface area contributed by atoms with Crippen molar-refractivity contribution in [3.05, 3.63) is 46.3 Å². The third kappa shape index (κ3) is 4.64. The van der Waals surface area contributed by atoms with Crippen molar-refractivity contribution in [2.75, 3.05) is 6.61 Å². The van der Waals surface area contributed by atoms with Crippen molar-refractivity contribution in [1.29, 1.82) is 0 Å². The van der Waals surface area contributed by atoms with Crippen LogP contribution in [-0.4, -0.2) is 12.6 Å². The van der Waals surface area contributed by atoms with Crippen molar-refractivity contribution >= 4 is 11.6 Å². The van der Waals surface area contributed by atoms with Gasteiger partial charge in [-0.2, -0.15) is 4.91 Å². The summed E-state index contributed by atoms with van der Waals surface area (Å²) in [4.78, 5) is 10.8. The van der Waals surface area contributed by atoms with Crippen LogP contribution in [0.3, 0.4) is 0 Å². The molecule has 1 aliphatic rings. The fourth-order valence-electron chi connectivity index (χ4n) is 2.57. The summed E-state index contributed by atoms with van der Waals surface area (Å²) in [6.07, 6.45) is 9.37. The van der Waals surface area contributed by atoms with Crippen molar-refractivity contribution < 1.29 is 4.74 Å². The van der Waals surface area contributed by atoms with Crippen LogP contribution in [0.2, 0.25) is 5.02 Å². The molecule has 0 aliphatic heterocycles. The van der Waals surface area contributed by atoms with E-state index in [1.54, 1.807) is 6.07 Å². The molecule has 2 unspecified atom stereocenters. The molecule has 20 heavy (non-hydrogen) atoms. The summed E-state index contributed by atoms with van der Waals surface area (Å²) >= 11 is 5.88. The first-order valence-corrected chi connectivity index (χ1v) is 7.55. The Morgan fingerprint density at radius 2 is 2.20 bits per heavy atom. The molecule has 4 heteroatoms. The van der Waals surface area contributed by atoms with Gasteiger partial charge in [0.2, 0.25) is 0 Å². The quantitative estimate of drug-likeness (QED) is 0.421. The van der Waals surface area contributed by atoms with E-state index in [1.165, 1.54) is 6.42 Å². The molecule has 1 aliphatic carbocycles. The fourth-order valence-corrected chi connectivity index (χ4v) is 2.75. The highest BCUT2D eigenvalue weighted by molar-refractivity contribution is 6.30. The van der Waals surface area contributed by atoms with Crippen LogP contribution >= 0.6 is 11.6 Å². The molecule has 0 amide bonds. The molecule has 1 aromatic rings. The Hall–Kier alpha value is -1.35. The summed E-state index contributed by atoms with van der Waals surface area (Å²) in [5.41, 5.74) is 0. The Bertz CT molecular complexity index is 462. The number of benzene rings is 1. The van der Waals surface area contributed by atoms with Gasteiger partial charge in [0.1, 0.15) is 5.75 Å². The Balaban J connectivity index is 1.72. The lowest BCUT2D eigenvalue weighted by Gasteiger charge is -2.23. The first-order valence-electron chi connectivity index (χ1n) is 7.17. The van der Waals surface area contributed by atoms with Crippen LogP contribution < -0.4 is 4.74 Å². The van der Waals surface area contributed by atoms with Crippen LogP contribution in [0.4, 0.5) is 0 Å². The van der Waals surface area contributed by atoms with Crippen LogP contribution in [0.1, 0.15) is 32.1 Å². The largest absolute Gasteiger partial charge is 0.493 e. The van der Waals surface area contributed by atoms with E-state index in [9.17, 15) is 4.91 Å². The van der Waals surface area contributed by atoms with Crippen molar-refractivity contribution in [1.82, 2.24) is 0 Å². The zero-order valence-corrected chi connectivity index (χ0v) is 12.3. The van der Waals surface area contributed by atoms with Gasteiger partial charge in [-0.15, -0.1) is 0 Å². The van der Waals surface area contributed by atoms with Gasteiger partial charge in [-0.1, -0.05) is 47.8 Å². The predicted molar refractivity (Wildman–Crippen MR) is 82.2 cm³/mol. The molecular formula is C16H20ClNO2. The van der Waals surface area contributed by atoms with Gasteiger partial charge >= 0.3 is 0 Å². The molecule has 3 nitrogen and oxygen atoms in total. The second kappa shape index (κ2) is 8.05. The zero-order valence-electron chi connectivity index (χ0n) is 11.5. The fraction of sp³-hybridized carbons (Fsp3) is 0.500. The van der Waals surface area contributed by atoms with E-state index in [2.05, 4.69) is 17.3 Å². The maximum atomic E-state index is 10.8. The Morgan fingerprint density at radius 3 is 3.00 bits per heavy atom. The minimum Gasteiger partial charge on any atom is -0.493 e. The van der Waals surface area contributed by atoms with Gasteiger partial charge < -0.3 is 4.74 Å². The third-order valence-corrected chi connectivity index (χ3v) is 3.88. The number of hydrogen-bond donors (Lipinski definition) is 0. The highest BCUT2D eigenvalue weighted by Crippen LogP contribution is 2.27. The number of rotatable bonds is 6. The van der Waals surface area contributed by atoms with Crippen molar-refractivity contribution in [3.63, 3.8) is 0 Å². The molecule has 0 bridgehead atoms. The van der Waals surface area contributed by atoms with Gasteiger partial charge in [0.25, 0.3) is 0 Å². The van der Waals surface area contributed by atoms with E-state index >= 15 is 0 Å². The smallest absolute Gasteiger partial charge is 0.120 e. The molecule has 2 atom stereocenters. The number of nitroso groups, excluding NO2 is 1. The summed E-state index contributed by atoms with van der Waals surface area (Å²) < 4.78 is 5.61. The maximum Gasteiger partial charge on any atom is 0.120 e. The lowest BCUT2D eigenvalue weighted by Crippen LogP contribution is -2.20. The monoisotopic (exact) mass is 293 g/mol. The third-order valence-electron chi connectivity index (χ3n) is 3.65. The van der Waals surface area contributed by atoms with E-state index < -0.39 is 0 Å². The number of halogens is 1. The SMILES string of the molecule is O=NC1CCCCC1/C=C/CCOc1cccc(Cl)c1. The van der Waals surface area contributed by atoms with Gasteiger partial charge in [-0.25, -0.2) is 0 Å². The van der Waals surface area contributed by atoms with Crippen LogP contribution in [0.5, 0.6) is 5.75 Å². The molecule has 0 saturated heterocycles. The molecule has 1 fully saturated rings. The molecule has 0 N–H and O–H groups in total. The maximum absolute atomic E-state index is 10.8. The summed E-state index contributed by atoms with van der Waals surface area (Å²) in [6, 6.07) is 7.36. The first-order chi connectivity index (χ1) is 9.79. The molecule has 0 aromatic heterocycles. The Kier molecular flexibility index (Phi) is 6.06. The van der Waals surface area contributed by atoms with E-state index in [1.807, 2.05) is 18.2 Å². The lowest BCUT2D eigenvalue weighted by molar-refractivity contribution is 0.323. The summed E-state index contributed by atoms with van der Waals surface area (Å²) in [6.45, 7) is 0.614. The van der Waals surface area contributed by atoms with Crippen LogP contribution in [0, 0.1) is 10.8 Å². The normalized spacial score (nSPS) is 22.9. The summed E-state index contributed by atoms with van der Waals surface area (Å²) in [5, 5.41) is 3.92. The average molecular weight is 294 g/mol. The van der Waals surface area contributed by atoms with Crippen molar-refractivity contribution in [3.8, 4) is 5.75 Å². The number of hydrogen-bond acceptors (Lipinski definition) is 3. The molecule has 108 valence electrons. The molecule has 1 saturated carbocycles. The second-order valence-electron chi connectivity index (χ2n) is 5.14. The zero-order chi connectivity index (χ0) is 14.2. The first kappa shape index (κ1) is 15.0. The lowest BCUT2D eigenvalue weighted by atomic mass is 9.85. The predicted octanol–water partition coefficient (Wildman–Crippen LogP) is 4.99. The van der Waals surface area contributed by atoms with Crippen LogP contribution in [0.25, 0.3) is 0 Å². The number of ether oxygens (including phenoxy) is 1. The minimum atomic E-state index is -0.0335. The molecular weight excluding hydrogens is 274 g/mol. The van der Waals surface area contributed by atoms with E-state index in [0.29, 0.717) is 17.5 Å². The Labute approximate surface area is 124 Å². The summed E-state index contributed by atoms with van der Waals surface area (Å²) in [7, 11) is 0. The highest BCUT2D eigenvalue weighted by Gasteiger charge is 2.23. The molecule has 0 radical (unpaired) electrons. The van der Waals surface area contributed by atoms with Crippen molar-refractivity contribution in [2.45, 2.75) is 38.1 Å². The highest BCUT2D eigenvalue weighted by atomic mass is 35.5. The van der Waals surface area contributed by atoms with E-state index in [-0.39, 0.29) is 6.04 Å². The summed E-state index contributed by atoms with van der Waals surface area (Å²) in [5.74, 6) is 1.10.